The van der Waals surface area contributed by atoms with E-state index in [1.165, 1.54) is 19.2 Å². The van der Waals surface area contributed by atoms with Crippen LogP contribution >= 0.6 is 0 Å². The lowest BCUT2D eigenvalue weighted by atomic mass is 10.1. The second-order valence-corrected chi connectivity index (χ2v) is 8.03. The average molecular weight is 488 g/mol. The lowest BCUT2D eigenvalue weighted by Gasteiger charge is -2.31. The number of piperidine rings is 1. The summed E-state index contributed by atoms with van der Waals surface area (Å²) in [5.41, 5.74) is -1.59. The van der Waals surface area contributed by atoms with Gasteiger partial charge in [0.1, 0.15) is 11.4 Å². The van der Waals surface area contributed by atoms with E-state index < -0.39 is 34.6 Å². The summed E-state index contributed by atoms with van der Waals surface area (Å²) in [5.74, 6) is -1.38. The minimum Gasteiger partial charge on any atom is -0.505 e. The van der Waals surface area contributed by atoms with Crippen LogP contribution in [0.2, 0.25) is 0 Å². The van der Waals surface area contributed by atoms with Crippen molar-refractivity contribution in [2.45, 2.75) is 25.4 Å². The Kier molecular flexibility index (Phi) is 6.68. The first-order chi connectivity index (χ1) is 16.7. The van der Waals surface area contributed by atoms with Crippen molar-refractivity contribution >= 4 is 17.3 Å². The summed E-state index contributed by atoms with van der Waals surface area (Å²) in [6.45, 7) is 1.27. The molecule has 0 unspecified atom stereocenters. The van der Waals surface area contributed by atoms with Gasteiger partial charge in [0.15, 0.2) is 11.4 Å². The third kappa shape index (κ3) is 5.08. The standard InChI is InChI=1S/C24H23F3N4O4/c1-35-20-8-4-3-7-18(20)31-21(33)14-19(32)22(29-31)23(34)28-16-13-15(24(25,26)27)9-10-17(16)30-11-5-2-6-12-30/h3-4,7-10,13-14,32H,2,5-6,11-12H2,1H3,(H,28,34). The highest BCUT2D eigenvalue weighted by Crippen LogP contribution is 2.36. The second-order valence-electron chi connectivity index (χ2n) is 8.03. The number of carbonyl (C=O) groups excluding carboxylic acids is 1. The molecule has 2 N–H and O–H groups in total. The van der Waals surface area contributed by atoms with Gasteiger partial charge in [-0.2, -0.15) is 23.0 Å². The fourth-order valence-electron chi connectivity index (χ4n) is 3.99. The topological polar surface area (TPSA) is 96.7 Å². The van der Waals surface area contributed by atoms with Crippen LogP contribution in [0.1, 0.15) is 35.3 Å². The molecule has 1 aliphatic heterocycles. The summed E-state index contributed by atoms with van der Waals surface area (Å²) in [6.07, 6.45) is -1.85. The number of hydrogen-bond acceptors (Lipinski definition) is 6. The van der Waals surface area contributed by atoms with E-state index in [0.717, 1.165) is 42.1 Å². The molecule has 1 amide bonds. The Bertz CT molecular complexity index is 1300. The number of aromatic hydroxyl groups is 1. The summed E-state index contributed by atoms with van der Waals surface area (Å²) in [7, 11) is 1.40. The van der Waals surface area contributed by atoms with Crippen LogP contribution in [0.3, 0.4) is 0 Å². The van der Waals surface area contributed by atoms with Gasteiger partial charge >= 0.3 is 6.18 Å². The van der Waals surface area contributed by atoms with Crippen LogP contribution in [0.4, 0.5) is 24.5 Å². The van der Waals surface area contributed by atoms with Crippen molar-refractivity contribution in [1.29, 1.82) is 0 Å². The van der Waals surface area contributed by atoms with Gasteiger partial charge in [0.25, 0.3) is 11.5 Å². The zero-order valence-electron chi connectivity index (χ0n) is 18.8. The van der Waals surface area contributed by atoms with Gasteiger partial charge in [0.2, 0.25) is 0 Å². The van der Waals surface area contributed by atoms with E-state index in [-0.39, 0.29) is 11.4 Å². The van der Waals surface area contributed by atoms with Crippen molar-refractivity contribution in [2.24, 2.45) is 0 Å². The molecule has 1 fully saturated rings. The third-order valence-electron chi connectivity index (χ3n) is 5.71. The van der Waals surface area contributed by atoms with Crippen LogP contribution in [0.15, 0.2) is 53.3 Å². The van der Waals surface area contributed by atoms with Gasteiger partial charge in [0, 0.05) is 19.2 Å². The Morgan fingerprint density at radius 1 is 1.06 bits per heavy atom. The predicted molar refractivity (Wildman–Crippen MR) is 124 cm³/mol. The summed E-state index contributed by atoms with van der Waals surface area (Å²) >= 11 is 0. The largest absolute Gasteiger partial charge is 0.505 e. The minimum atomic E-state index is -4.61. The van der Waals surface area contributed by atoms with Gasteiger partial charge in [-0.1, -0.05) is 12.1 Å². The van der Waals surface area contributed by atoms with Gasteiger partial charge in [-0.3, -0.25) is 9.59 Å². The molecular weight excluding hydrogens is 465 g/mol. The number of nitrogens with zero attached hydrogens (tertiary/aromatic N) is 3. The molecular formula is C24H23F3N4O4. The molecule has 11 heteroatoms. The molecule has 184 valence electrons. The van der Waals surface area contributed by atoms with Crippen molar-refractivity contribution in [2.75, 3.05) is 30.4 Å². The number of aromatic nitrogens is 2. The molecule has 8 nitrogen and oxygen atoms in total. The monoisotopic (exact) mass is 488 g/mol. The molecule has 0 aliphatic carbocycles. The molecule has 1 saturated heterocycles. The quantitative estimate of drug-likeness (QED) is 0.559. The van der Waals surface area contributed by atoms with Crippen LogP contribution in [-0.4, -0.2) is 41.0 Å². The normalized spacial score (nSPS) is 14.0. The fourth-order valence-corrected chi connectivity index (χ4v) is 3.99. The number of benzene rings is 2. The molecule has 4 rings (SSSR count). The first-order valence-electron chi connectivity index (χ1n) is 10.9. The molecule has 0 atom stereocenters. The molecule has 0 radical (unpaired) electrons. The second kappa shape index (κ2) is 9.69. The van der Waals surface area contributed by atoms with E-state index >= 15 is 0 Å². The average Bonchev–Trinajstić information content (AvgIpc) is 2.84. The maximum absolute atomic E-state index is 13.4. The third-order valence-corrected chi connectivity index (χ3v) is 5.71. The number of ether oxygens (including phenoxy) is 1. The highest BCUT2D eigenvalue weighted by molar-refractivity contribution is 6.06. The number of hydrogen-bond donors (Lipinski definition) is 2. The minimum absolute atomic E-state index is 0.0667. The van der Waals surface area contributed by atoms with Gasteiger partial charge in [-0.05, 0) is 49.6 Å². The molecule has 35 heavy (non-hydrogen) atoms. The number of nitrogens with one attached hydrogen (secondary N) is 1. The first kappa shape index (κ1) is 24.1. The lowest BCUT2D eigenvalue weighted by Crippen LogP contribution is -2.31. The summed E-state index contributed by atoms with van der Waals surface area (Å²) in [5, 5.41) is 16.7. The number of halogens is 3. The Labute approximate surface area is 198 Å². The van der Waals surface area contributed by atoms with E-state index in [1.54, 1.807) is 18.2 Å². The number of amides is 1. The van der Waals surface area contributed by atoms with Crippen LogP contribution in [-0.2, 0) is 6.18 Å². The van der Waals surface area contributed by atoms with E-state index in [2.05, 4.69) is 10.4 Å². The fraction of sp³-hybridized carbons (Fsp3) is 0.292. The smallest absolute Gasteiger partial charge is 0.416 e. The molecule has 3 aromatic rings. The highest BCUT2D eigenvalue weighted by atomic mass is 19.4. The highest BCUT2D eigenvalue weighted by Gasteiger charge is 2.32. The Morgan fingerprint density at radius 3 is 2.46 bits per heavy atom. The zero-order chi connectivity index (χ0) is 25.2. The predicted octanol–water partition coefficient (Wildman–Crippen LogP) is 4.21. The first-order valence-corrected chi connectivity index (χ1v) is 10.9. The molecule has 2 heterocycles. The summed E-state index contributed by atoms with van der Waals surface area (Å²) in [4.78, 5) is 27.5. The van der Waals surface area contributed by atoms with Crippen LogP contribution in [0.25, 0.3) is 5.69 Å². The van der Waals surface area contributed by atoms with Gasteiger partial charge < -0.3 is 20.1 Å². The van der Waals surface area contributed by atoms with Crippen molar-refractivity contribution in [3.05, 3.63) is 70.1 Å². The van der Waals surface area contributed by atoms with Gasteiger partial charge in [0.05, 0.1) is 24.0 Å². The molecule has 0 bridgehead atoms. The Balaban J connectivity index is 1.75. The molecule has 2 aromatic carbocycles. The molecule has 1 aromatic heterocycles. The number of anilines is 2. The van der Waals surface area contributed by atoms with E-state index in [9.17, 15) is 27.9 Å². The van der Waals surface area contributed by atoms with Crippen molar-refractivity contribution in [3.8, 4) is 17.2 Å². The van der Waals surface area contributed by atoms with Gasteiger partial charge in [-0.25, -0.2) is 0 Å². The number of methoxy groups -OCH3 is 1. The zero-order valence-corrected chi connectivity index (χ0v) is 18.8. The van der Waals surface area contributed by atoms with Crippen LogP contribution < -0.4 is 20.5 Å². The van der Waals surface area contributed by atoms with Gasteiger partial charge in [-0.15, -0.1) is 0 Å². The maximum Gasteiger partial charge on any atom is 0.416 e. The summed E-state index contributed by atoms with van der Waals surface area (Å²) in [6, 6.07) is 10.4. The summed E-state index contributed by atoms with van der Waals surface area (Å²) < 4.78 is 46.3. The Morgan fingerprint density at radius 2 is 1.77 bits per heavy atom. The van der Waals surface area contributed by atoms with Crippen molar-refractivity contribution in [1.82, 2.24) is 9.78 Å². The van der Waals surface area contributed by atoms with Crippen molar-refractivity contribution in [3.63, 3.8) is 0 Å². The number of carbonyl (C=O) groups is 1. The molecule has 0 saturated carbocycles. The number of para-hydroxylation sites is 2. The SMILES string of the molecule is COc1ccccc1-n1nc(C(=O)Nc2cc(C(F)(F)F)ccc2N2CCCCC2)c(O)cc1=O. The maximum atomic E-state index is 13.4. The van der Waals surface area contributed by atoms with Crippen LogP contribution in [0.5, 0.6) is 11.5 Å². The lowest BCUT2D eigenvalue weighted by molar-refractivity contribution is -0.137. The molecule has 1 aliphatic rings. The van der Waals surface area contributed by atoms with Crippen molar-refractivity contribution < 1.29 is 27.8 Å². The van der Waals surface area contributed by atoms with E-state index in [0.29, 0.717) is 24.5 Å². The van der Waals surface area contributed by atoms with E-state index in [1.807, 2.05) is 4.90 Å². The Hall–Kier alpha value is -4.02. The van der Waals surface area contributed by atoms with E-state index in [4.69, 9.17) is 4.74 Å². The number of alkyl halides is 3. The number of rotatable bonds is 5. The van der Waals surface area contributed by atoms with Crippen LogP contribution in [0, 0.1) is 0 Å². The molecule has 0 spiro atoms.